The molecule has 6 heteroatoms. The molecule has 2 aromatic rings. The highest BCUT2D eigenvalue weighted by atomic mass is 32.2. The minimum Gasteiger partial charge on any atom is -0.326 e. The maximum Gasteiger partial charge on any atom is 0.416 e. The molecule has 0 amide bonds. The molecular formula is C13H11F3N2S. The van der Waals surface area contributed by atoms with Gasteiger partial charge in [0.1, 0.15) is 5.03 Å². The Morgan fingerprint density at radius 2 is 1.95 bits per heavy atom. The summed E-state index contributed by atoms with van der Waals surface area (Å²) in [5.41, 5.74) is 5.30. The summed E-state index contributed by atoms with van der Waals surface area (Å²) in [5, 5.41) is 0.719. The molecule has 2 nitrogen and oxygen atoms in total. The van der Waals surface area contributed by atoms with Gasteiger partial charge in [0.25, 0.3) is 0 Å². The molecule has 1 aromatic heterocycles. The Labute approximate surface area is 112 Å². The van der Waals surface area contributed by atoms with E-state index in [0.29, 0.717) is 10.5 Å². The number of pyridine rings is 1. The van der Waals surface area contributed by atoms with Gasteiger partial charge in [0, 0.05) is 17.6 Å². The van der Waals surface area contributed by atoms with E-state index in [1.807, 2.05) is 6.07 Å². The second-order valence-electron chi connectivity index (χ2n) is 3.79. The maximum atomic E-state index is 12.6. The zero-order valence-electron chi connectivity index (χ0n) is 9.82. The lowest BCUT2D eigenvalue weighted by molar-refractivity contribution is -0.137. The zero-order valence-corrected chi connectivity index (χ0v) is 10.6. The van der Waals surface area contributed by atoms with E-state index < -0.39 is 11.7 Å². The lowest BCUT2D eigenvalue weighted by Gasteiger charge is -2.11. The van der Waals surface area contributed by atoms with Crippen LogP contribution in [0.5, 0.6) is 0 Å². The van der Waals surface area contributed by atoms with Crippen molar-refractivity contribution in [1.29, 1.82) is 0 Å². The first-order valence-corrected chi connectivity index (χ1v) is 6.31. The number of benzene rings is 1. The van der Waals surface area contributed by atoms with Crippen LogP contribution in [0.3, 0.4) is 0 Å². The molecule has 0 aliphatic rings. The lowest BCUT2D eigenvalue weighted by Crippen LogP contribution is -2.07. The number of nitrogens with two attached hydrogens (primary N) is 1. The zero-order chi connectivity index (χ0) is 13.9. The van der Waals surface area contributed by atoms with Gasteiger partial charge >= 0.3 is 6.18 Å². The van der Waals surface area contributed by atoms with Crippen molar-refractivity contribution in [1.82, 2.24) is 4.98 Å². The van der Waals surface area contributed by atoms with Crippen LogP contribution in [-0.4, -0.2) is 4.98 Å². The number of halogens is 3. The highest BCUT2D eigenvalue weighted by Crippen LogP contribution is 2.34. The van der Waals surface area contributed by atoms with Gasteiger partial charge in [-0.1, -0.05) is 17.8 Å². The van der Waals surface area contributed by atoms with Crippen LogP contribution in [0.25, 0.3) is 0 Å². The predicted octanol–water partition coefficient (Wildman–Crippen LogP) is 3.71. The molecule has 0 atom stereocenters. The van der Waals surface area contributed by atoms with Gasteiger partial charge in [-0.25, -0.2) is 4.98 Å². The third kappa shape index (κ3) is 3.48. The standard InChI is InChI=1S/C13H11F3N2S/c14-13(15,16)10-4-5-11(9(7-10)8-17)19-12-3-1-2-6-18-12/h1-7H,8,17H2. The molecule has 0 saturated carbocycles. The number of alkyl halides is 3. The highest BCUT2D eigenvalue weighted by molar-refractivity contribution is 7.99. The average Bonchev–Trinajstić information content (AvgIpc) is 2.39. The van der Waals surface area contributed by atoms with Gasteiger partial charge in [0.15, 0.2) is 0 Å². The van der Waals surface area contributed by atoms with Gasteiger partial charge in [-0.3, -0.25) is 0 Å². The second-order valence-corrected chi connectivity index (χ2v) is 4.86. The van der Waals surface area contributed by atoms with E-state index in [-0.39, 0.29) is 6.54 Å². The Balaban J connectivity index is 2.32. The first kappa shape index (κ1) is 13.9. The first-order chi connectivity index (χ1) is 9.00. The number of rotatable bonds is 3. The molecule has 1 aromatic carbocycles. The molecule has 0 bridgehead atoms. The third-order valence-corrected chi connectivity index (χ3v) is 3.53. The summed E-state index contributed by atoms with van der Waals surface area (Å²) in [6, 6.07) is 8.98. The van der Waals surface area contributed by atoms with Crippen LogP contribution < -0.4 is 5.73 Å². The smallest absolute Gasteiger partial charge is 0.326 e. The third-order valence-electron chi connectivity index (χ3n) is 2.46. The number of nitrogens with zero attached hydrogens (tertiary/aromatic N) is 1. The molecule has 2 rings (SSSR count). The van der Waals surface area contributed by atoms with E-state index in [9.17, 15) is 13.2 Å². The maximum absolute atomic E-state index is 12.6. The van der Waals surface area contributed by atoms with Gasteiger partial charge in [-0.05, 0) is 35.9 Å². The Morgan fingerprint density at radius 1 is 1.16 bits per heavy atom. The largest absolute Gasteiger partial charge is 0.416 e. The van der Waals surface area contributed by atoms with Gasteiger partial charge in [0.05, 0.1) is 5.56 Å². The Morgan fingerprint density at radius 3 is 2.53 bits per heavy atom. The molecule has 0 fully saturated rings. The monoisotopic (exact) mass is 284 g/mol. The second kappa shape index (κ2) is 5.63. The van der Waals surface area contributed by atoms with Gasteiger partial charge in [-0.2, -0.15) is 13.2 Å². The van der Waals surface area contributed by atoms with Crippen LogP contribution in [0.1, 0.15) is 11.1 Å². The quantitative estimate of drug-likeness (QED) is 0.933. The summed E-state index contributed by atoms with van der Waals surface area (Å²) in [6.07, 6.45) is -2.72. The van der Waals surface area contributed by atoms with Crippen LogP contribution >= 0.6 is 11.8 Å². The van der Waals surface area contributed by atoms with E-state index in [4.69, 9.17) is 5.73 Å². The van der Waals surface area contributed by atoms with Crippen LogP contribution in [0, 0.1) is 0 Å². The van der Waals surface area contributed by atoms with Crippen LogP contribution in [0.15, 0.2) is 52.5 Å². The molecule has 0 radical (unpaired) electrons. The summed E-state index contributed by atoms with van der Waals surface area (Å²) >= 11 is 1.30. The van der Waals surface area contributed by atoms with Crippen molar-refractivity contribution in [3.05, 3.63) is 53.7 Å². The minimum atomic E-state index is -4.35. The first-order valence-electron chi connectivity index (χ1n) is 5.50. The van der Waals surface area contributed by atoms with Crippen molar-refractivity contribution < 1.29 is 13.2 Å². The summed E-state index contributed by atoms with van der Waals surface area (Å²) in [6.45, 7) is 0.0546. The van der Waals surface area contributed by atoms with Crippen molar-refractivity contribution in [2.75, 3.05) is 0 Å². The van der Waals surface area contributed by atoms with Crippen LogP contribution in [0.2, 0.25) is 0 Å². The summed E-state index contributed by atoms with van der Waals surface area (Å²) in [7, 11) is 0. The molecule has 0 saturated heterocycles. The highest BCUT2D eigenvalue weighted by Gasteiger charge is 2.30. The van der Waals surface area contributed by atoms with Crippen LogP contribution in [0.4, 0.5) is 13.2 Å². The lowest BCUT2D eigenvalue weighted by atomic mass is 10.1. The number of hydrogen-bond acceptors (Lipinski definition) is 3. The van der Waals surface area contributed by atoms with Crippen molar-refractivity contribution in [2.45, 2.75) is 22.6 Å². The predicted molar refractivity (Wildman–Crippen MR) is 67.7 cm³/mol. The van der Waals surface area contributed by atoms with Gasteiger partial charge in [0.2, 0.25) is 0 Å². The van der Waals surface area contributed by atoms with E-state index in [0.717, 1.165) is 17.2 Å². The van der Waals surface area contributed by atoms with Crippen molar-refractivity contribution in [3.8, 4) is 0 Å². The van der Waals surface area contributed by atoms with Crippen molar-refractivity contribution in [3.63, 3.8) is 0 Å². The topological polar surface area (TPSA) is 38.9 Å². The molecule has 100 valence electrons. The number of aromatic nitrogens is 1. The van der Waals surface area contributed by atoms with Crippen LogP contribution in [-0.2, 0) is 12.7 Å². The number of hydrogen-bond donors (Lipinski definition) is 1. The fourth-order valence-corrected chi connectivity index (χ4v) is 2.43. The fraction of sp³-hybridized carbons (Fsp3) is 0.154. The van der Waals surface area contributed by atoms with E-state index in [2.05, 4.69) is 4.98 Å². The van der Waals surface area contributed by atoms with E-state index in [1.165, 1.54) is 17.8 Å². The van der Waals surface area contributed by atoms with Gasteiger partial charge in [-0.15, -0.1) is 0 Å². The van der Waals surface area contributed by atoms with E-state index in [1.54, 1.807) is 18.3 Å². The average molecular weight is 284 g/mol. The Hall–Kier alpha value is -1.53. The fourth-order valence-electron chi connectivity index (χ4n) is 1.53. The normalized spacial score (nSPS) is 11.6. The SMILES string of the molecule is NCc1cc(C(F)(F)F)ccc1Sc1ccccn1. The molecule has 0 aliphatic heterocycles. The molecule has 0 unspecified atom stereocenters. The van der Waals surface area contributed by atoms with Gasteiger partial charge < -0.3 is 5.73 Å². The van der Waals surface area contributed by atoms with Crippen molar-refractivity contribution in [2.24, 2.45) is 5.73 Å². The van der Waals surface area contributed by atoms with Crippen molar-refractivity contribution >= 4 is 11.8 Å². The Kier molecular flexibility index (Phi) is 4.11. The molecule has 0 aliphatic carbocycles. The Bertz CT molecular complexity index is 556. The molecule has 2 N–H and O–H groups in total. The summed E-state index contributed by atoms with van der Waals surface area (Å²) in [4.78, 5) is 4.81. The molecule has 19 heavy (non-hydrogen) atoms. The molecular weight excluding hydrogens is 273 g/mol. The minimum absolute atomic E-state index is 0.0546. The summed E-state index contributed by atoms with van der Waals surface area (Å²) < 4.78 is 37.8. The molecule has 0 spiro atoms. The molecule has 1 heterocycles. The van der Waals surface area contributed by atoms with E-state index >= 15 is 0 Å². The summed E-state index contributed by atoms with van der Waals surface area (Å²) in [5.74, 6) is 0.